The fourth-order valence-corrected chi connectivity index (χ4v) is 6.05. The minimum absolute atomic E-state index is 0.0123. The number of phosphoric ester groups is 1. The molecular formula is C14H22N5O14P3-2. The van der Waals surface area contributed by atoms with Gasteiger partial charge in [-0.05, 0) is 6.42 Å². The minimum Gasteiger partial charge on any atom is -0.663 e. The van der Waals surface area contributed by atoms with Gasteiger partial charge in [0.2, 0.25) is 0 Å². The van der Waals surface area contributed by atoms with Crippen molar-refractivity contribution in [2.24, 2.45) is 0 Å². The molecule has 0 aromatic carbocycles. The fourth-order valence-electron chi connectivity index (χ4n) is 3.09. The predicted octanol–water partition coefficient (Wildman–Crippen LogP) is -2.78. The van der Waals surface area contributed by atoms with Crippen LogP contribution in [0.2, 0.25) is 0 Å². The van der Waals surface area contributed by atoms with Gasteiger partial charge in [-0.2, -0.15) is 9.29 Å². The zero-order chi connectivity index (χ0) is 26.9. The van der Waals surface area contributed by atoms with Gasteiger partial charge in [-0.3, -0.25) is 4.52 Å². The molecule has 3 rings (SSSR count). The van der Waals surface area contributed by atoms with Gasteiger partial charge >= 0.3 is 21.7 Å². The summed E-state index contributed by atoms with van der Waals surface area (Å²) in [5.41, 5.74) is 6.00. The van der Waals surface area contributed by atoms with Crippen molar-refractivity contribution in [2.45, 2.75) is 44.3 Å². The van der Waals surface area contributed by atoms with Crippen LogP contribution < -0.4 is 25.2 Å². The molecule has 0 saturated carbocycles. The van der Waals surface area contributed by atoms with Crippen molar-refractivity contribution in [3.8, 4) is 6.01 Å². The van der Waals surface area contributed by atoms with Crippen molar-refractivity contribution in [3.63, 3.8) is 0 Å². The molecular weight excluding hydrogens is 555 g/mol. The maximum atomic E-state index is 11.9. The second-order valence-corrected chi connectivity index (χ2v) is 11.6. The average Bonchev–Trinajstić information content (AvgIpc) is 3.22. The number of hydrogen-bond acceptors (Lipinski definition) is 16. The van der Waals surface area contributed by atoms with Crippen LogP contribution in [-0.2, 0) is 27.0 Å². The minimum atomic E-state index is -6.07. The van der Waals surface area contributed by atoms with E-state index in [1.807, 2.05) is 6.92 Å². The highest BCUT2D eigenvalue weighted by Crippen LogP contribution is 2.65. The van der Waals surface area contributed by atoms with Crippen molar-refractivity contribution < 1.29 is 66.4 Å². The largest absolute Gasteiger partial charge is 0.663 e. The van der Waals surface area contributed by atoms with Crippen molar-refractivity contribution in [3.05, 3.63) is 6.33 Å². The molecule has 1 saturated heterocycles. The smallest absolute Gasteiger partial charge is 0.513 e. The van der Waals surface area contributed by atoms with E-state index < -0.39 is 55.0 Å². The van der Waals surface area contributed by atoms with Crippen LogP contribution in [0.5, 0.6) is 6.01 Å². The van der Waals surface area contributed by atoms with Gasteiger partial charge in [-0.1, -0.05) is 13.3 Å². The summed E-state index contributed by atoms with van der Waals surface area (Å²) in [4.78, 5) is 62.2. The highest BCUT2D eigenvalue weighted by molar-refractivity contribution is 7.67. The summed E-state index contributed by atoms with van der Waals surface area (Å²) in [6.07, 6.45) is -3.87. The van der Waals surface area contributed by atoms with Crippen molar-refractivity contribution >= 4 is 40.8 Å². The molecule has 2 aromatic rings. The molecule has 6 unspecified atom stereocenters. The molecule has 0 spiro atoms. The molecule has 2 aromatic heterocycles. The molecule has 0 bridgehead atoms. The van der Waals surface area contributed by atoms with Crippen LogP contribution in [0.15, 0.2) is 6.33 Å². The van der Waals surface area contributed by atoms with E-state index in [4.69, 9.17) is 20.1 Å². The van der Waals surface area contributed by atoms with E-state index in [1.54, 1.807) is 0 Å². The molecule has 36 heavy (non-hydrogen) atoms. The van der Waals surface area contributed by atoms with E-state index in [-0.39, 0.29) is 29.6 Å². The van der Waals surface area contributed by atoms with Gasteiger partial charge in [0, 0.05) is 8.17 Å². The number of nitrogens with two attached hydrogens (primary N) is 1. The number of nitrogen functional groups attached to an aromatic ring is 1. The van der Waals surface area contributed by atoms with Crippen LogP contribution >= 0.6 is 23.8 Å². The first-order valence-electron chi connectivity index (χ1n) is 10.0. The first kappa shape index (κ1) is 29.2. The van der Waals surface area contributed by atoms with E-state index in [0.29, 0.717) is 6.42 Å². The Morgan fingerprint density at radius 2 is 1.89 bits per heavy atom. The summed E-state index contributed by atoms with van der Waals surface area (Å²) in [5, 5.41) is 21.0. The van der Waals surface area contributed by atoms with Crippen molar-refractivity contribution in [1.29, 1.82) is 0 Å². The molecule has 3 heterocycles. The van der Waals surface area contributed by atoms with E-state index >= 15 is 0 Å². The molecule has 0 radical (unpaired) electrons. The van der Waals surface area contributed by atoms with Crippen LogP contribution in [0.1, 0.15) is 26.0 Å². The van der Waals surface area contributed by atoms with Gasteiger partial charge in [0.1, 0.15) is 24.6 Å². The standard InChI is InChI=1S/C14H24N5O14P3/c1-2-3-4-29-14-18-8-11(15)16-6-17-12(8)19(14)13-10(21)9(20)7(31-13)5-30-35(25,26)33-36(27,28)32-34(22,23)24/h6-7,9-10,13,20-21H,2-5H2,1H3,(H,25,26)(H,27,28)(H2,15,16,17)(H2,22,23,24)/p-2. The molecule has 204 valence electrons. The second kappa shape index (κ2) is 11.1. The van der Waals surface area contributed by atoms with E-state index in [2.05, 4.69) is 28.1 Å². The number of phosphoric acid groups is 3. The van der Waals surface area contributed by atoms with Crippen LogP contribution in [0.4, 0.5) is 5.82 Å². The van der Waals surface area contributed by atoms with Crippen LogP contribution in [0.25, 0.3) is 11.2 Å². The molecule has 6 atom stereocenters. The third-order valence-corrected chi connectivity index (χ3v) is 8.36. The number of fused-ring (bicyclic) bond motifs is 1. The number of ether oxygens (including phenoxy) is 2. The number of aliphatic hydroxyl groups excluding tert-OH is 2. The Bertz CT molecular complexity index is 1160. The van der Waals surface area contributed by atoms with Crippen LogP contribution in [0.3, 0.4) is 0 Å². The molecule has 1 aliphatic heterocycles. The topological polar surface area (TPSA) is 300 Å². The first-order valence-corrected chi connectivity index (χ1v) is 14.5. The zero-order valence-electron chi connectivity index (χ0n) is 18.3. The highest BCUT2D eigenvalue weighted by atomic mass is 31.3. The monoisotopic (exact) mass is 577 g/mol. The molecule has 6 N–H and O–H groups in total. The first-order chi connectivity index (χ1) is 16.6. The van der Waals surface area contributed by atoms with Gasteiger partial charge in [0.15, 0.2) is 23.2 Å². The molecule has 22 heteroatoms. The summed E-state index contributed by atoms with van der Waals surface area (Å²) in [7, 11) is -17.5. The summed E-state index contributed by atoms with van der Waals surface area (Å²) in [5.74, 6) is -0.0123. The Morgan fingerprint density at radius 1 is 1.19 bits per heavy atom. The number of nitrogens with zero attached hydrogens (tertiary/aromatic N) is 4. The Labute approximate surface area is 202 Å². The predicted molar refractivity (Wildman–Crippen MR) is 111 cm³/mol. The number of rotatable bonds is 12. The third-order valence-electron chi connectivity index (χ3n) is 4.61. The Morgan fingerprint density at radius 3 is 2.53 bits per heavy atom. The highest BCUT2D eigenvalue weighted by Gasteiger charge is 2.47. The van der Waals surface area contributed by atoms with E-state index in [9.17, 15) is 38.9 Å². The summed E-state index contributed by atoms with van der Waals surface area (Å²) >= 11 is 0. The lowest BCUT2D eigenvalue weighted by Crippen LogP contribution is -2.34. The lowest BCUT2D eigenvalue weighted by Gasteiger charge is -2.37. The molecule has 0 amide bonds. The number of unbranched alkanes of at least 4 members (excludes halogenated alkanes) is 1. The maximum absolute atomic E-state index is 11.9. The summed E-state index contributed by atoms with van der Waals surface area (Å²) in [6.45, 7) is 1.12. The van der Waals surface area contributed by atoms with Crippen LogP contribution in [-0.4, -0.2) is 71.0 Å². The van der Waals surface area contributed by atoms with Crippen molar-refractivity contribution in [2.75, 3.05) is 18.9 Å². The van der Waals surface area contributed by atoms with Gasteiger partial charge in [-0.15, -0.1) is 4.31 Å². The second-order valence-electron chi connectivity index (χ2n) is 7.29. The van der Waals surface area contributed by atoms with Gasteiger partial charge < -0.3 is 49.9 Å². The van der Waals surface area contributed by atoms with Gasteiger partial charge in [0.25, 0.3) is 0 Å². The Hall–Kier alpha value is -1.40. The lowest BCUT2D eigenvalue weighted by molar-refractivity contribution is -0.450. The van der Waals surface area contributed by atoms with Crippen LogP contribution in [0, 0.1) is 0 Å². The number of imidazole rings is 1. The SMILES string of the molecule is CCCCOc1nc2c(N)ncnc2n1C1OC(COP(=O)(O)OP(=O)(O)O[P+]([O-])([O-])[O-])C(O)C1O. The zero-order valence-corrected chi connectivity index (χ0v) is 21.0. The number of hydrogen-bond donors (Lipinski definition) is 5. The normalized spacial score (nSPS) is 26.1. The van der Waals surface area contributed by atoms with Gasteiger partial charge in [-0.25, -0.2) is 23.7 Å². The van der Waals surface area contributed by atoms with E-state index in [0.717, 1.165) is 12.7 Å². The summed E-state index contributed by atoms with van der Waals surface area (Å²) < 4.78 is 47.1. The number of aromatic nitrogens is 4. The quantitative estimate of drug-likeness (QED) is 0.126. The average molecular weight is 577 g/mol. The third kappa shape index (κ3) is 7.12. The molecule has 1 aliphatic rings. The molecule has 19 nitrogen and oxygen atoms in total. The number of aliphatic hydroxyl groups is 2. The van der Waals surface area contributed by atoms with E-state index in [1.165, 1.54) is 4.57 Å². The lowest BCUT2D eigenvalue weighted by atomic mass is 10.1. The van der Waals surface area contributed by atoms with Crippen molar-refractivity contribution in [1.82, 2.24) is 19.5 Å². The molecule has 0 aliphatic carbocycles. The fraction of sp³-hybridized carbons (Fsp3) is 0.643. The van der Waals surface area contributed by atoms with Gasteiger partial charge in [0.05, 0.1) is 13.2 Å². The Kier molecular flexibility index (Phi) is 9.03. The summed E-state index contributed by atoms with van der Waals surface area (Å²) in [6, 6.07) is -0.0855. The Balaban J connectivity index is 1.78. The number of anilines is 1. The molecule has 1 fully saturated rings. The maximum Gasteiger partial charge on any atom is 0.513 e.